The molecule has 0 aliphatic carbocycles. The van der Waals surface area contributed by atoms with E-state index in [4.69, 9.17) is 16.3 Å². The number of carbonyl (C=O) groups is 1. The summed E-state index contributed by atoms with van der Waals surface area (Å²) < 4.78 is 32.8. The number of rotatable bonds is 9. The largest absolute Gasteiger partial charge is 0.496 e. The van der Waals surface area contributed by atoms with Crippen LogP contribution in [-0.4, -0.2) is 56.9 Å². The molecule has 4 rings (SSSR count). The quantitative estimate of drug-likeness (QED) is 0.402. The minimum Gasteiger partial charge on any atom is -0.496 e. The summed E-state index contributed by atoms with van der Waals surface area (Å²) in [5, 5.41) is 8.04. The molecule has 0 spiro atoms. The molecular formula is C26H31ClN4O4S. The minimum absolute atomic E-state index is 0.0173. The van der Waals surface area contributed by atoms with Crippen LogP contribution in [-0.2, 0) is 14.8 Å². The van der Waals surface area contributed by atoms with Crippen LogP contribution in [0.1, 0.15) is 24.8 Å². The molecule has 0 bridgehead atoms. The number of ether oxygens (including phenoxy) is 1. The van der Waals surface area contributed by atoms with Crippen molar-refractivity contribution in [2.75, 3.05) is 38.6 Å². The van der Waals surface area contributed by atoms with Gasteiger partial charge in [-0.25, -0.2) is 8.42 Å². The molecular weight excluding hydrogens is 500 g/mol. The van der Waals surface area contributed by atoms with Crippen LogP contribution in [0.2, 0.25) is 5.02 Å². The Hall–Kier alpha value is -2.88. The van der Waals surface area contributed by atoms with Gasteiger partial charge < -0.3 is 15.4 Å². The predicted octanol–water partition coefficient (Wildman–Crippen LogP) is 4.22. The molecule has 1 aromatic heterocycles. The first kappa shape index (κ1) is 26.2. The van der Waals surface area contributed by atoms with Crippen LogP contribution in [0.15, 0.2) is 53.6 Å². The van der Waals surface area contributed by atoms with Crippen LogP contribution < -0.4 is 15.4 Å². The molecule has 0 atom stereocenters. The van der Waals surface area contributed by atoms with E-state index in [-0.39, 0.29) is 16.7 Å². The summed E-state index contributed by atoms with van der Waals surface area (Å²) in [6, 6.07) is 12.4. The van der Waals surface area contributed by atoms with Gasteiger partial charge in [0, 0.05) is 54.4 Å². The van der Waals surface area contributed by atoms with E-state index < -0.39 is 10.0 Å². The zero-order valence-corrected chi connectivity index (χ0v) is 22.0. The number of fused-ring (bicyclic) bond motifs is 1. The molecule has 2 N–H and O–H groups in total. The van der Waals surface area contributed by atoms with Crippen LogP contribution in [0.25, 0.3) is 10.9 Å². The lowest BCUT2D eigenvalue weighted by Gasteiger charge is -2.30. The average molecular weight is 531 g/mol. The molecule has 1 aliphatic heterocycles. The van der Waals surface area contributed by atoms with E-state index in [0.29, 0.717) is 49.8 Å². The number of anilines is 1. The molecule has 8 nitrogen and oxygen atoms in total. The third-order valence-corrected chi connectivity index (χ3v) is 8.63. The molecule has 192 valence electrons. The molecule has 2 aromatic carbocycles. The van der Waals surface area contributed by atoms with E-state index in [1.54, 1.807) is 31.5 Å². The second-order valence-corrected chi connectivity index (χ2v) is 11.3. The number of halogens is 1. The molecule has 2 heterocycles. The van der Waals surface area contributed by atoms with Gasteiger partial charge in [-0.3, -0.25) is 9.78 Å². The zero-order chi connectivity index (χ0) is 25.7. The third kappa shape index (κ3) is 5.91. The van der Waals surface area contributed by atoms with E-state index in [0.717, 1.165) is 28.6 Å². The highest BCUT2D eigenvalue weighted by molar-refractivity contribution is 7.89. The van der Waals surface area contributed by atoms with Gasteiger partial charge >= 0.3 is 0 Å². The Balaban J connectivity index is 1.22. The van der Waals surface area contributed by atoms with Crippen LogP contribution in [0.4, 0.5) is 5.69 Å². The maximum atomic E-state index is 13.0. The van der Waals surface area contributed by atoms with Gasteiger partial charge in [0.15, 0.2) is 0 Å². The van der Waals surface area contributed by atoms with Gasteiger partial charge in [0.2, 0.25) is 15.9 Å². The van der Waals surface area contributed by atoms with E-state index in [9.17, 15) is 13.2 Å². The number of hydrogen-bond acceptors (Lipinski definition) is 6. The lowest BCUT2D eigenvalue weighted by atomic mass is 9.97. The van der Waals surface area contributed by atoms with Crippen molar-refractivity contribution in [2.45, 2.75) is 31.1 Å². The number of aryl methyl sites for hydroxylation is 1. The number of piperidine rings is 1. The molecule has 3 aromatic rings. The van der Waals surface area contributed by atoms with Gasteiger partial charge in [-0.2, -0.15) is 4.31 Å². The first-order valence-electron chi connectivity index (χ1n) is 12.0. The predicted molar refractivity (Wildman–Crippen MR) is 142 cm³/mol. The van der Waals surface area contributed by atoms with Crippen LogP contribution in [0, 0.1) is 12.8 Å². The third-order valence-electron chi connectivity index (χ3n) is 6.50. The van der Waals surface area contributed by atoms with Gasteiger partial charge in [-0.05, 0) is 74.2 Å². The van der Waals surface area contributed by atoms with E-state index in [1.165, 1.54) is 4.31 Å². The number of sulfonamides is 1. The van der Waals surface area contributed by atoms with Crippen LogP contribution >= 0.6 is 11.6 Å². The molecule has 36 heavy (non-hydrogen) atoms. The van der Waals surface area contributed by atoms with Crippen molar-refractivity contribution in [2.24, 2.45) is 5.92 Å². The van der Waals surface area contributed by atoms with Gasteiger partial charge in [0.25, 0.3) is 0 Å². The molecule has 1 fully saturated rings. The van der Waals surface area contributed by atoms with Crippen molar-refractivity contribution >= 4 is 44.1 Å². The Bertz CT molecular complexity index is 1340. The fourth-order valence-electron chi connectivity index (χ4n) is 4.46. The summed E-state index contributed by atoms with van der Waals surface area (Å²) in [5.74, 6) is 0.450. The highest BCUT2D eigenvalue weighted by Gasteiger charge is 2.32. The number of hydrogen-bond donors (Lipinski definition) is 2. The first-order valence-corrected chi connectivity index (χ1v) is 13.8. The number of nitrogens with zero attached hydrogens (tertiary/aromatic N) is 2. The summed E-state index contributed by atoms with van der Waals surface area (Å²) >= 11 is 6.05. The molecule has 0 radical (unpaired) electrons. The van der Waals surface area contributed by atoms with Crippen molar-refractivity contribution in [3.63, 3.8) is 0 Å². The van der Waals surface area contributed by atoms with Gasteiger partial charge in [0.1, 0.15) is 5.75 Å². The second kappa shape index (κ2) is 11.5. The fourth-order valence-corrected chi connectivity index (χ4v) is 6.18. The van der Waals surface area contributed by atoms with Crippen LogP contribution in [0.5, 0.6) is 5.75 Å². The fraction of sp³-hybridized carbons (Fsp3) is 0.385. The average Bonchev–Trinajstić information content (AvgIpc) is 2.88. The monoisotopic (exact) mass is 530 g/mol. The maximum Gasteiger partial charge on any atom is 0.243 e. The summed E-state index contributed by atoms with van der Waals surface area (Å²) in [7, 11) is -2.04. The normalized spacial score (nSPS) is 15.1. The Morgan fingerprint density at radius 3 is 2.64 bits per heavy atom. The number of benzene rings is 2. The van der Waals surface area contributed by atoms with E-state index in [2.05, 4.69) is 15.6 Å². The number of amides is 1. The van der Waals surface area contributed by atoms with Crippen molar-refractivity contribution < 1.29 is 17.9 Å². The Morgan fingerprint density at radius 1 is 1.14 bits per heavy atom. The van der Waals surface area contributed by atoms with Gasteiger partial charge in [0.05, 0.1) is 17.5 Å². The zero-order valence-electron chi connectivity index (χ0n) is 20.5. The molecule has 0 saturated carbocycles. The maximum absolute atomic E-state index is 13.0. The smallest absolute Gasteiger partial charge is 0.243 e. The van der Waals surface area contributed by atoms with Gasteiger partial charge in [-0.1, -0.05) is 11.6 Å². The summed E-state index contributed by atoms with van der Waals surface area (Å²) in [6.07, 6.45) is 3.51. The number of carbonyl (C=O) groups excluding carboxylic acids is 1. The molecule has 1 saturated heterocycles. The summed E-state index contributed by atoms with van der Waals surface area (Å²) in [5.41, 5.74) is 2.57. The molecule has 1 amide bonds. The van der Waals surface area contributed by atoms with Crippen molar-refractivity contribution in [3.8, 4) is 5.75 Å². The Labute approximate surface area is 217 Å². The minimum atomic E-state index is -3.60. The lowest BCUT2D eigenvalue weighted by molar-refractivity contribution is -0.126. The molecule has 10 heteroatoms. The van der Waals surface area contributed by atoms with E-state index in [1.807, 2.05) is 31.2 Å². The second-order valence-electron chi connectivity index (χ2n) is 8.90. The first-order chi connectivity index (χ1) is 17.3. The summed E-state index contributed by atoms with van der Waals surface area (Å²) in [6.45, 7) is 3.71. The topological polar surface area (TPSA) is 101 Å². The van der Waals surface area contributed by atoms with Gasteiger partial charge in [-0.15, -0.1) is 0 Å². The number of nitrogens with one attached hydrogen (secondary N) is 2. The van der Waals surface area contributed by atoms with Crippen molar-refractivity contribution in [1.82, 2.24) is 14.6 Å². The number of aromatic nitrogens is 1. The highest BCUT2D eigenvalue weighted by atomic mass is 35.5. The highest BCUT2D eigenvalue weighted by Crippen LogP contribution is 2.27. The standard InChI is InChI=1S/C26H31ClN4O4S/c1-18-16-21(5-7-25(18)35-2)36(33,34)31-14-9-19(10-15-31)26(32)30-12-3-11-28-23-8-13-29-24-17-20(27)4-6-22(23)24/h4-8,13,16-17,19H,3,9-12,14-15H2,1-2H3,(H,28,29)(H,30,32). The lowest BCUT2D eigenvalue weighted by Crippen LogP contribution is -2.43. The molecule has 0 unspecified atom stereocenters. The Kier molecular flexibility index (Phi) is 8.33. The number of pyridine rings is 1. The van der Waals surface area contributed by atoms with Crippen LogP contribution in [0.3, 0.4) is 0 Å². The summed E-state index contributed by atoms with van der Waals surface area (Å²) in [4.78, 5) is 17.2. The SMILES string of the molecule is COc1ccc(S(=O)(=O)N2CCC(C(=O)NCCCNc3ccnc4cc(Cl)ccc34)CC2)cc1C. The van der Waals surface area contributed by atoms with Crippen molar-refractivity contribution in [3.05, 3.63) is 59.2 Å². The Morgan fingerprint density at radius 2 is 1.92 bits per heavy atom. The number of methoxy groups -OCH3 is 1. The van der Waals surface area contributed by atoms with Crippen molar-refractivity contribution in [1.29, 1.82) is 0 Å². The van der Waals surface area contributed by atoms with E-state index >= 15 is 0 Å². The molecule has 1 aliphatic rings.